The Balaban J connectivity index is 1.60. The predicted octanol–water partition coefficient (Wildman–Crippen LogP) is 8.64. The Bertz CT molecular complexity index is 1820. The van der Waals surface area contributed by atoms with Crippen LogP contribution in [0.3, 0.4) is 0 Å². The molecule has 5 aromatic carbocycles. The minimum Gasteiger partial charge on any atom is -0.309 e. The molecule has 2 heterocycles. The minimum atomic E-state index is 1.12. The fourth-order valence-corrected chi connectivity index (χ4v) is 5.78. The molecular weight excluding hydrogens is 468 g/mol. The Labute approximate surface area is 199 Å². The maximum absolute atomic E-state index is 3.79. The molecule has 7 aromatic rings. The van der Waals surface area contributed by atoms with Gasteiger partial charge in [-0.3, -0.25) is 0 Å². The van der Waals surface area contributed by atoms with Crippen LogP contribution < -0.4 is 0 Å². The van der Waals surface area contributed by atoms with Gasteiger partial charge in [-0.05, 0) is 54.6 Å². The van der Waals surface area contributed by atoms with E-state index in [1.54, 1.807) is 0 Å². The van der Waals surface area contributed by atoms with Crippen molar-refractivity contribution in [1.29, 1.82) is 0 Å². The second kappa shape index (κ2) is 7.09. The molecule has 2 aromatic heterocycles. The number of hydrogen-bond donors (Lipinski definition) is 0. The van der Waals surface area contributed by atoms with Crippen molar-refractivity contribution < 1.29 is 0 Å². The monoisotopic (exact) mass is 486 g/mol. The largest absolute Gasteiger partial charge is 0.309 e. The first-order chi connectivity index (χ1) is 16.3. The van der Waals surface area contributed by atoms with Crippen LogP contribution in [0.5, 0.6) is 0 Å². The molecule has 0 spiro atoms. The Morgan fingerprint density at radius 1 is 0.424 bits per heavy atom. The van der Waals surface area contributed by atoms with Gasteiger partial charge in [-0.2, -0.15) is 0 Å². The summed E-state index contributed by atoms with van der Waals surface area (Å²) in [6.07, 6.45) is 0. The zero-order valence-electron chi connectivity index (χ0n) is 17.7. The van der Waals surface area contributed by atoms with Crippen LogP contribution in [0, 0.1) is 0 Å². The molecule has 0 saturated heterocycles. The number of nitrogens with zero attached hydrogens (tertiary/aromatic N) is 2. The van der Waals surface area contributed by atoms with E-state index < -0.39 is 0 Å². The summed E-state index contributed by atoms with van der Waals surface area (Å²) in [5, 5.41) is 5.03. The number of para-hydroxylation sites is 3. The predicted molar refractivity (Wildman–Crippen MR) is 143 cm³/mol. The number of halogens is 1. The zero-order chi connectivity index (χ0) is 21.9. The molecule has 0 unspecified atom stereocenters. The summed E-state index contributed by atoms with van der Waals surface area (Å²) in [7, 11) is 0. The lowest BCUT2D eigenvalue weighted by Crippen LogP contribution is -1.95. The van der Waals surface area contributed by atoms with Gasteiger partial charge in [-0.15, -0.1) is 0 Å². The van der Waals surface area contributed by atoms with Crippen molar-refractivity contribution in [3.05, 3.63) is 120 Å². The molecule has 0 saturated carbocycles. The third-order valence-electron chi connectivity index (χ3n) is 6.58. The fraction of sp³-hybridized carbons (Fsp3) is 0. The molecule has 0 bridgehead atoms. The Kier molecular flexibility index (Phi) is 4.02. The third-order valence-corrected chi connectivity index (χ3v) is 7.24. The maximum Gasteiger partial charge on any atom is 0.0552 e. The van der Waals surface area contributed by atoms with Crippen LogP contribution in [0.25, 0.3) is 55.0 Å². The summed E-state index contributed by atoms with van der Waals surface area (Å²) in [5.41, 5.74) is 7.20. The zero-order valence-corrected chi connectivity index (χ0v) is 19.3. The first-order valence-electron chi connectivity index (χ1n) is 11.1. The average Bonchev–Trinajstić information content (AvgIpc) is 3.38. The molecular formula is C30H19BrN2. The van der Waals surface area contributed by atoms with Gasteiger partial charge in [0.2, 0.25) is 0 Å². The quantitative estimate of drug-likeness (QED) is 0.231. The number of aromatic nitrogens is 2. The van der Waals surface area contributed by atoms with Crippen LogP contribution in [0.2, 0.25) is 0 Å². The van der Waals surface area contributed by atoms with E-state index in [4.69, 9.17) is 0 Å². The Morgan fingerprint density at radius 3 is 1.85 bits per heavy atom. The molecule has 0 atom stereocenters. The molecule has 0 fully saturated rings. The van der Waals surface area contributed by atoms with Gasteiger partial charge >= 0.3 is 0 Å². The third kappa shape index (κ3) is 2.66. The molecule has 0 N–H and O–H groups in total. The average molecular weight is 487 g/mol. The normalized spacial score (nSPS) is 11.8. The van der Waals surface area contributed by atoms with Gasteiger partial charge < -0.3 is 9.13 Å². The molecule has 0 aliphatic carbocycles. The lowest BCUT2D eigenvalue weighted by atomic mass is 10.1. The highest BCUT2D eigenvalue weighted by atomic mass is 79.9. The minimum absolute atomic E-state index is 1.12. The molecule has 2 nitrogen and oxygen atoms in total. The van der Waals surface area contributed by atoms with Gasteiger partial charge in [0, 0.05) is 37.4 Å². The summed E-state index contributed by atoms with van der Waals surface area (Å²) in [5.74, 6) is 0. The van der Waals surface area contributed by atoms with Crippen LogP contribution >= 0.6 is 15.9 Å². The number of rotatable bonds is 2. The SMILES string of the molecule is Brc1cccc2c1c1ccccc1n2-c1ccc2c(c1)c1ccccc1n2-c1ccccc1. The van der Waals surface area contributed by atoms with Crippen molar-refractivity contribution in [3.8, 4) is 11.4 Å². The molecule has 0 amide bonds. The summed E-state index contributed by atoms with van der Waals surface area (Å²) in [6, 6.07) is 41.2. The Hall–Kier alpha value is -3.82. The molecule has 3 heteroatoms. The molecule has 7 rings (SSSR count). The van der Waals surface area contributed by atoms with E-state index in [0.717, 1.165) is 4.47 Å². The number of benzene rings is 5. The van der Waals surface area contributed by atoms with Gasteiger partial charge in [0.1, 0.15) is 0 Å². The lowest BCUT2D eigenvalue weighted by molar-refractivity contribution is 1.16. The van der Waals surface area contributed by atoms with Gasteiger partial charge in [0.25, 0.3) is 0 Å². The van der Waals surface area contributed by atoms with E-state index in [2.05, 4.69) is 140 Å². The summed E-state index contributed by atoms with van der Waals surface area (Å²) >= 11 is 3.79. The molecule has 0 aliphatic rings. The Morgan fingerprint density at radius 2 is 1.03 bits per heavy atom. The van der Waals surface area contributed by atoms with Crippen LogP contribution in [0.1, 0.15) is 0 Å². The topological polar surface area (TPSA) is 9.86 Å². The molecule has 156 valence electrons. The van der Waals surface area contributed by atoms with Crippen molar-refractivity contribution in [1.82, 2.24) is 9.13 Å². The van der Waals surface area contributed by atoms with Crippen molar-refractivity contribution in [2.45, 2.75) is 0 Å². The van der Waals surface area contributed by atoms with Crippen molar-refractivity contribution in [2.75, 3.05) is 0 Å². The first kappa shape index (κ1) is 18.7. The van der Waals surface area contributed by atoms with Crippen LogP contribution in [0.4, 0.5) is 0 Å². The van der Waals surface area contributed by atoms with Gasteiger partial charge in [-0.25, -0.2) is 0 Å². The standard InChI is InChI=1S/C30H19BrN2/c31-25-13-8-16-29-30(25)23-12-5-7-15-27(23)33(29)21-17-18-28-24(19-21)22-11-4-6-14-26(22)32(28)20-9-2-1-3-10-20/h1-19H. The highest BCUT2D eigenvalue weighted by molar-refractivity contribution is 9.10. The van der Waals surface area contributed by atoms with Gasteiger partial charge in [0.15, 0.2) is 0 Å². The summed E-state index contributed by atoms with van der Waals surface area (Å²) in [4.78, 5) is 0. The van der Waals surface area contributed by atoms with Crippen LogP contribution in [0.15, 0.2) is 120 Å². The van der Waals surface area contributed by atoms with Crippen molar-refractivity contribution >= 4 is 59.5 Å². The van der Waals surface area contributed by atoms with E-state index >= 15 is 0 Å². The van der Waals surface area contributed by atoms with Crippen LogP contribution in [-0.4, -0.2) is 9.13 Å². The highest BCUT2D eigenvalue weighted by Gasteiger charge is 2.16. The van der Waals surface area contributed by atoms with E-state index in [0.29, 0.717) is 0 Å². The smallest absolute Gasteiger partial charge is 0.0552 e. The maximum atomic E-state index is 3.79. The molecule has 0 aliphatic heterocycles. The van der Waals surface area contributed by atoms with Crippen molar-refractivity contribution in [2.24, 2.45) is 0 Å². The highest BCUT2D eigenvalue weighted by Crippen LogP contribution is 2.38. The summed E-state index contributed by atoms with van der Waals surface area (Å²) in [6.45, 7) is 0. The van der Waals surface area contributed by atoms with E-state index in [9.17, 15) is 0 Å². The van der Waals surface area contributed by atoms with Gasteiger partial charge in [-0.1, -0.05) is 76.6 Å². The first-order valence-corrected chi connectivity index (χ1v) is 11.9. The van der Waals surface area contributed by atoms with E-state index in [1.165, 1.54) is 55.0 Å². The second-order valence-electron chi connectivity index (χ2n) is 8.38. The van der Waals surface area contributed by atoms with E-state index in [-0.39, 0.29) is 0 Å². The molecule has 33 heavy (non-hydrogen) atoms. The molecule has 0 radical (unpaired) electrons. The van der Waals surface area contributed by atoms with Crippen LogP contribution in [-0.2, 0) is 0 Å². The van der Waals surface area contributed by atoms with E-state index in [1.807, 2.05) is 0 Å². The lowest BCUT2D eigenvalue weighted by Gasteiger charge is -2.10. The number of fused-ring (bicyclic) bond motifs is 6. The second-order valence-corrected chi connectivity index (χ2v) is 9.23. The summed E-state index contributed by atoms with van der Waals surface area (Å²) < 4.78 is 5.86. The van der Waals surface area contributed by atoms with Crippen molar-refractivity contribution in [3.63, 3.8) is 0 Å². The van der Waals surface area contributed by atoms with Gasteiger partial charge in [0.05, 0.1) is 22.1 Å². The fourth-order valence-electron chi connectivity index (χ4n) is 5.21. The number of hydrogen-bond acceptors (Lipinski definition) is 0.